The van der Waals surface area contributed by atoms with Gasteiger partial charge in [-0.2, -0.15) is 5.10 Å². The van der Waals surface area contributed by atoms with Gasteiger partial charge in [0.2, 0.25) is 5.91 Å². The molecule has 6 heteroatoms. The van der Waals surface area contributed by atoms with E-state index in [0.29, 0.717) is 25.1 Å². The second-order valence-corrected chi connectivity index (χ2v) is 4.44. The number of amides is 2. The molecule has 0 aromatic rings. The van der Waals surface area contributed by atoms with E-state index < -0.39 is 0 Å². The number of hydrogen-bond acceptors (Lipinski definition) is 4. The molecule has 0 bridgehead atoms. The number of aliphatic hydroxyl groups is 1. The Balaban J connectivity index is 2.10. The fraction of sp³-hybridized carbons (Fsp3) is 0.727. The van der Waals surface area contributed by atoms with Gasteiger partial charge >= 0.3 is 0 Å². The van der Waals surface area contributed by atoms with E-state index in [-0.39, 0.29) is 24.5 Å². The zero-order chi connectivity index (χ0) is 12.4. The molecule has 1 fully saturated rings. The van der Waals surface area contributed by atoms with Crippen LogP contribution in [-0.4, -0.2) is 58.8 Å². The molecule has 1 atom stereocenters. The van der Waals surface area contributed by atoms with Gasteiger partial charge in [-0.3, -0.25) is 9.59 Å². The molecular weight excluding hydrogens is 222 g/mol. The van der Waals surface area contributed by atoms with Crippen LogP contribution in [0.15, 0.2) is 5.10 Å². The lowest BCUT2D eigenvalue weighted by Crippen LogP contribution is -2.44. The standard InChI is InChI=1S/C11H17N3O3/c1-13-10(16)5-4-9(12-13)11(17)14-6-2-3-8(14)7-15/h8,15H,2-7H2,1H3/t8-/m1/s1. The van der Waals surface area contributed by atoms with Gasteiger partial charge in [0.05, 0.1) is 12.6 Å². The van der Waals surface area contributed by atoms with Crippen molar-refractivity contribution in [1.29, 1.82) is 0 Å². The van der Waals surface area contributed by atoms with Gasteiger partial charge in [0, 0.05) is 26.4 Å². The molecule has 1 saturated heterocycles. The zero-order valence-corrected chi connectivity index (χ0v) is 9.93. The summed E-state index contributed by atoms with van der Waals surface area (Å²) in [4.78, 5) is 25.1. The molecule has 1 N–H and O–H groups in total. The Hall–Kier alpha value is -1.43. The smallest absolute Gasteiger partial charge is 0.270 e. The van der Waals surface area contributed by atoms with Crippen LogP contribution in [0.5, 0.6) is 0 Å². The van der Waals surface area contributed by atoms with Gasteiger partial charge in [-0.15, -0.1) is 0 Å². The summed E-state index contributed by atoms with van der Waals surface area (Å²) >= 11 is 0. The first-order valence-corrected chi connectivity index (χ1v) is 5.89. The quantitative estimate of drug-likeness (QED) is 0.711. The van der Waals surface area contributed by atoms with E-state index in [1.807, 2.05) is 0 Å². The van der Waals surface area contributed by atoms with Crippen molar-refractivity contribution >= 4 is 17.5 Å². The molecule has 2 amide bonds. The van der Waals surface area contributed by atoms with Gasteiger partial charge in [-0.1, -0.05) is 0 Å². The molecule has 0 aromatic carbocycles. The van der Waals surface area contributed by atoms with Crippen molar-refractivity contribution in [2.24, 2.45) is 5.10 Å². The third-order valence-electron chi connectivity index (χ3n) is 3.30. The first-order chi connectivity index (χ1) is 8.13. The summed E-state index contributed by atoms with van der Waals surface area (Å²) in [5, 5.41) is 14.4. The van der Waals surface area contributed by atoms with E-state index >= 15 is 0 Å². The summed E-state index contributed by atoms with van der Waals surface area (Å²) in [5.41, 5.74) is 0.424. The summed E-state index contributed by atoms with van der Waals surface area (Å²) in [6.45, 7) is 0.661. The summed E-state index contributed by atoms with van der Waals surface area (Å²) < 4.78 is 0. The van der Waals surface area contributed by atoms with E-state index in [1.54, 1.807) is 11.9 Å². The average Bonchev–Trinajstić information content (AvgIpc) is 2.80. The average molecular weight is 239 g/mol. The minimum atomic E-state index is -0.138. The van der Waals surface area contributed by atoms with Crippen molar-refractivity contribution in [2.75, 3.05) is 20.2 Å². The highest BCUT2D eigenvalue weighted by molar-refractivity contribution is 6.39. The predicted molar refractivity (Wildman–Crippen MR) is 61.3 cm³/mol. The van der Waals surface area contributed by atoms with Gasteiger partial charge in [0.15, 0.2) is 0 Å². The number of hydrogen-bond donors (Lipinski definition) is 1. The maximum atomic E-state index is 12.2. The molecule has 2 aliphatic heterocycles. The van der Waals surface area contributed by atoms with Crippen LogP contribution in [-0.2, 0) is 9.59 Å². The van der Waals surface area contributed by atoms with E-state index in [0.717, 1.165) is 12.8 Å². The summed E-state index contributed by atoms with van der Waals surface area (Å²) in [6, 6.07) is -0.0897. The molecule has 0 saturated carbocycles. The van der Waals surface area contributed by atoms with Crippen LogP contribution in [0.25, 0.3) is 0 Å². The predicted octanol–water partition coefficient (Wildman–Crippen LogP) is -0.422. The molecule has 17 heavy (non-hydrogen) atoms. The normalized spacial score (nSPS) is 25.2. The Kier molecular flexibility index (Phi) is 3.42. The molecule has 0 aliphatic carbocycles. The van der Waals surface area contributed by atoms with Crippen LogP contribution < -0.4 is 0 Å². The van der Waals surface area contributed by atoms with Gasteiger partial charge in [0.25, 0.3) is 5.91 Å². The van der Waals surface area contributed by atoms with Crippen molar-refractivity contribution in [3.8, 4) is 0 Å². The third-order valence-corrected chi connectivity index (χ3v) is 3.30. The SMILES string of the molecule is CN1N=C(C(=O)N2CCC[C@@H]2CO)CCC1=O. The van der Waals surface area contributed by atoms with Crippen LogP contribution in [0, 0.1) is 0 Å². The molecule has 2 rings (SSSR count). The van der Waals surface area contributed by atoms with Gasteiger partial charge in [-0.05, 0) is 12.8 Å². The molecular formula is C11H17N3O3. The van der Waals surface area contributed by atoms with Gasteiger partial charge in [0.1, 0.15) is 5.71 Å². The highest BCUT2D eigenvalue weighted by Gasteiger charge is 2.32. The largest absolute Gasteiger partial charge is 0.394 e. The maximum Gasteiger partial charge on any atom is 0.270 e. The second-order valence-electron chi connectivity index (χ2n) is 4.44. The molecule has 2 heterocycles. The van der Waals surface area contributed by atoms with E-state index in [1.165, 1.54) is 5.01 Å². The van der Waals surface area contributed by atoms with E-state index in [9.17, 15) is 14.7 Å². The first kappa shape index (κ1) is 12.0. The van der Waals surface area contributed by atoms with E-state index in [2.05, 4.69) is 5.10 Å². The van der Waals surface area contributed by atoms with Crippen molar-refractivity contribution in [3.05, 3.63) is 0 Å². The molecule has 0 aromatic heterocycles. The number of aliphatic hydroxyl groups excluding tert-OH is 1. The van der Waals surface area contributed by atoms with Crippen molar-refractivity contribution in [2.45, 2.75) is 31.7 Å². The number of carbonyl (C=O) groups is 2. The Morgan fingerprint density at radius 1 is 1.53 bits per heavy atom. The summed E-state index contributed by atoms with van der Waals surface area (Å²) in [5.74, 6) is -0.206. The number of nitrogens with zero attached hydrogens (tertiary/aromatic N) is 3. The highest BCUT2D eigenvalue weighted by Crippen LogP contribution is 2.19. The van der Waals surface area contributed by atoms with Crippen LogP contribution in [0.3, 0.4) is 0 Å². The highest BCUT2D eigenvalue weighted by atomic mass is 16.3. The molecule has 0 spiro atoms. The molecule has 94 valence electrons. The summed E-state index contributed by atoms with van der Waals surface area (Å²) in [7, 11) is 1.56. The fourth-order valence-electron chi connectivity index (χ4n) is 2.28. The van der Waals surface area contributed by atoms with Crippen LogP contribution in [0.1, 0.15) is 25.7 Å². The van der Waals surface area contributed by atoms with Crippen LogP contribution >= 0.6 is 0 Å². The van der Waals surface area contributed by atoms with E-state index in [4.69, 9.17) is 0 Å². The van der Waals surface area contributed by atoms with Crippen LogP contribution in [0.4, 0.5) is 0 Å². The lowest BCUT2D eigenvalue weighted by Gasteiger charge is -2.26. The molecule has 2 aliphatic rings. The lowest BCUT2D eigenvalue weighted by atomic mass is 10.1. The minimum Gasteiger partial charge on any atom is -0.394 e. The number of hydrazone groups is 1. The minimum absolute atomic E-state index is 0.00616. The topological polar surface area (TPSA) is 73.2 Å². The number of carbonyl (C=O) groups excluding carboxylic acids is 2. The zero-order valence-electron chi connectivity index (χ0n) is 9.93. The second kappa shape index (κ2) is 4.83. The lowest BCUT2D eigenvalue weighted by molar-refractivity contribution is -0.131. The fourth-order valence-corrected chi connectivity index (χ4v) is 2.28. The first-order valence-electron chi connectivity index (χ1n) is 5.89. The van der Waals surface area contributed by atoms with Gasteiger partial charge in [-0.25, -0.2) is 5.01 Å². The molecule has 0 radical (unpaired) electrons. The van der Waals surface area contributed by atoms with Gasteiger partial charge < -0.3 is 10.0 Å². The Bertz CT molecular complexity index is 367. The molecule has 6 nitrogen and oxygen atoms in total. The Labute approximate surface area is 99.9 Å². The number of rotatable bonds is 2. The third kappa shape index (κ3) is 2.31. The molecule has 0 unspecified atom stereocenters. The van der Waals surface area contributed by atoms with Crippen molar-refractivity contribution in [1.82, 2.24) is 9.91 Å². The van der Waals surface area contributed by atoms with Crippen LogP contribution in [0.2, 0.25) is 0 Å². The Morgan fingerprint density at radius 3 is 2.94 bits per heavy atom. The van der Waals surface area contributed by atoms with Crippen molar-refractivity contribution < 1.29 is 14.7 Å². The maximum absolute atomic E-state index is 12.2. The van der Waals surface area contributed by atoms with Crippen molar-refractivity contribution in [3.63, 3.8) is 0 Å². The number of likely N-dealkylation sites (tertiary alicyclic amines) is 1. The summed E-state index contributed by atoms with van der Waals surface area (Å²) in [6.07, 6.45) is 2.48. The monoisotopic (exact) mass is 239 g/mol. The Morgan fingerprint density at radius 2 is 2.29 bits per heavy atom.